The van der Waals surface area contributed by atoms with Gasteiger partial charge in [-0.05, 0) is 24.3 Å². The lowest BCUT2D eigenvalue weighted by Gasteiger charge is -2.07. The third kappa shape index (κ3) is 3.19. The van der Waals surface area contributed by atoms with Crippen LogP contribution in [0, 0.1) is 5.82 Å². The van der Waals surface area contributed by atoms with Crippen molar-refractivity contribution in [1.82, 2.24) is 4.98 Å². The molecule has 7 heteroatoms. The first-order valence-corrected chi connectivity index (χ1v) is 7.14. The van der Waals surface area contributed by atoms with Gasteiger partial charge in [0.1, 0.15) is 5.75 Å². The SMILES string of the molecule is CS(=O)(=O)c1ccc(Oc2ccc(N)cc2F)cn1. The summed E-state index contributed by atoms with van der Waals surface area (Å²) >= 11 is 0. The summed E-state index contributed by atoms with van der Waals surface area (Å²) in [6.45, 7) is 0. The zero-order chi connectivity index (χ0) is 14.0. The highest BCUT2D eigenvalue weighted by Crippen LogP contribution is 2.25. The smallest absolute Gasteiger partial charge is 0.192 e. The zero-order valence-electron chi connectivity index (χ0n) is 10.00. The summed E-state index contributed by atoms with van der Waals surface area (Å²) in [6, 6.07) is 6.71. The van der Waals surface area contributed by atoms with Crippen molar-refractivity contribution in [1.29, 1.82) is 0 Å². The molecule has 1 heterocycles. The van der Waals surface area contributed by atoms with E-state index in [1.54, 1.807) is 0 Å². The summed E-state index contributed by atoms with van der Waals surface area (Å²) in [7, 11) is -3.36. The van der Waals surface area contributed by atoms with Crippen molar-refractivity contribution in [3.63, 3.8) is 0 Å². The molecule has 0 fully saturated rings. The molecule has 1 aromatic heterocycles. The first-order valence-electron chi connectivity index (χ1n) is 5.25. The molecule has 1 aromatic carbocycles. The van der Waals surface area contributed by atoms with E-state index in [2.05, 4.69) is 4.98 Å². The standard InChI is InChI=1S/C12H11FN2O3S/c1-19(16,17)12-5-3-9(7-15-12)18-11-4-2-8(14)6-10(11)13/h2-7H,14H2,1H3. The molecule has 0 atom stereocenters. The molecule has 100 valence electrons. The van der Waals surface area contributed by atoms with Crippen molar-refractivity contribution in [3.05, 3.63) is 42.3 Å². The minimum absolute atomic E-state index is 0.0110. The van der Waals surface area contributed by atoms with Crippen LogP contribution in [0.15, 0.2) is 41.6 Å². The van der Waals surface area contributed by atoms with E-state index >= 15 is 0 Å². The fraction of sp³-hybridized carbons (Fsp3) is 0.0833. The van der Waals surface area contributed by atoms with Gasteiger partial charge in [-0.1, -0.05) is 0 Å². The zero-order valence-corrected chi connectivity index (χ0v) is 10.8. The Hall–Kier alpha value is -2.15. The number of hydrogen-bond donors (Lipinski definition) is 1. The van der Waals surface area contributed by atoms with Crippen LogP contribution in [0.4, 0.5) is 10.1 Å². The molecule has 0 saturated carbocycles. The normalized spacial score (nSPS) is 11.3. The second-order valence-electron chi connectivity index (χ2n) is 3.90. The maximum atomic E-state index is 13.5. The molecule has 0 unspecified atom stereocenters. The molecule has 2 aromatic rings. The molecule has 19 heavy (non-hydrogen) atoms. The number of anilines is 1. The second-order valence-corrected chi connectivity index (χ2v) is 5.86. The third-order valence-electron chi connectivity index (χ3n) is 2.27. The molecule has 0 amide bonds. The van der Waals surface area contributed by atoms with E-state index in [0.29, 0.717) is 0 Å². The molecule has 5 nitrogen and oxygen atoms in total. The van der Waals surface area contributed by atoms with Gasteiger partial charge in [-0.2, -0.15) is 0 Å². The van der Waals surface area contributed by atoms with Gasteiger partial charge in [-0.25, -0.2) is 17.8 Å². The van der Waals surface area contributed by atoms with Crippen LogP contribution in [0.2, 0.25) is 0 Å². The number of nitrogen functional groups attached to an aromatic ring is 1. The van der Waals surface area contributed by atoms with E-state index in [9.17, 15) is 12.8 Å². The van der Waals surface area contributed by atoms with Gasteiger partial charge in [-0.15, -0.1) is 0 Å². The summed E-state index contributed by atoms with van der Waals surface area (Å²) in [4.78, 5) is 3.73. The first-order chi connectivity index (χ1) is 8.86. The van der Waals surface area contributed by atoms with Crippen LogP contribution in [-0.4, -0.2) is 19.7 Å². The number of sulfone groups is 1. The molecule has 0 radical (unpaired) electrons. The number of benzene rings is 1. The molecule has 0 saturated heterocycles. The Morgan fingerprint density at radius 3 is 2.53 bits per heavy atom. The lowest BCUT2D eigenvalue weighted by Crippen LogP contribution is -2.00. The van der Waals surface area contributed by atoms with Crippen molar-refractivity contribution in [2.75, 3.05) is 12.0 Å². The summed E-state index contributed by atoms with van der Waals surface area (Å²) in [5, 5.41) is -0.0716. The number of nitrogens with two attached hydrogens (primary N) is 1. The first kappa shape index (κ1) is 13.3. The number of pyridine rings is 1. The Labute approximate surface area is 109 Å². The monoisotopic (exact) mass is 282 g/mol. The van der Waals surface area contributed by atoms with Gasteiger partial charge in [0.25, 0.3) is 0 Å². The quantitative estimate of drug-likeness (QED) is 0.871. The van der Waals surface area contributed by atoms with E-state index in [-0.39, 0.29) is 22.2 Å². The van der Waals surface area contributed by atoms with Crippen molar-refractivity contribution >= 4 is 15.5 Å². The Kier molecular flexibility index (Phi) is 3.39. The predicted molar refractivity (Wildman–Crippen MR) is 68.2 cm³/mol. The van der Waals surface area contributed by atoms with Crippen molar-refractivity contribution in [2.45, 2.75) is 5.03 Å². The molecular weight excluding hydrogens is 271 g/mol. The highest BCUT2D eigenvalue weighted by atomic mass is 32.2. The van der Waals surface area contributed by atoms with E-state index in [0.717, 1.165) is 12.3 Å². The maximum absolute atomic E-state index is 13.5. The van der Waals surface area contributed by atoms with E-state index in [4.69, 9.17) is 10.5 Å². The van der Waals surface area contributed by atoms with Crippen molar-refractivity contribution in [3.8, 4) is 11.5 Å². The van der Waals surface area contributed by atoms with E-state index in [1.807, 2.05) is 0 Å². The Balaban J connectivity index is 2.25. The lowest BCUT2D eigenvalue weighted by atomic mass is 10.3. The van der Waals surface area contributed by atoms with Crippen LogP contribution >= 0.6 is 0 Å². The number of hydrogen-bond acceptors (Lipinski definition) is 5. The second kappa shape index (κ2) is 4.85. The van der Waals surface area contributed by atoms with Gasteiger partial charge in [0.2, 0.25) is 0 Å². The van der Waals surface area contributed by atoms with E-state index < -0.39 is 15.7 Å². The fourth-order valence-corrected chi connectivity index (χ4v) is 1.93. The molecule has 0 aliphatic heterocycles. The average Bonchev–Trinajstić information content (AvgIpc) is 2.32. The van der Waals surface area contributed by atoms with Crippen molar-refractivity contribution in [2.24, 2.45) is 0 Å². The Bertz CT molecular complexity index is 699. The summed E-state index contributed by atoms with van der Waals surface area (Å²) in [5.74, 6) is -0.383. The molecule has 0 spiro atoms. The predicted octanol–water partition coefficient (Wildman–Crippen LogP) is 2.00. The Morgan fingerprint density at radius 1 is 1.26 bits per heavy atom. The Morgan fingerprint density at radius 2 is 2.00 bits per heavy atom. The van der Waals surface area contributed by atoms with Gasteiger partial charge in [0.05, 0.1) is 6.20 Å². The lowest BCUT2D eigenvalue weighted by molar-refractivity contribution is 0.440. The number of rotatable bonds is 3. The molecule has 2 rings (SSSR count). The molecular formula is C12H11FN2O3S. The minimum Gasteiger partial charge on any atom is -0.453 e. The summed E-state index contributed by atoms with van der Waals surface area (Å²) < 4.78 is 41.2. The third-order valence-corrected chi connectivity index (χ3v) is 3.27. The summed E-state index contributed by atoms with van der Waals surface area (Å²) in [6.07, 6.45) is 2.27. The molecule has 2 N–H and O–H groups in total. The van der Waals surface area contributed by atoms with Crippen LogP contribution in [0.3, 0.4) is 0 Å². The van der Waals surface area contributed by atoms with Crippen LogP contribution in [0.25, 0.3) is 0 Å². The molecule has 0 aliphatic carbocycles. The van der Waals surface area contributed by atoms with Gasteiger partial charge in [0.15, 0.2) is 26.4 Å². The van der Waals surface area contributed by atoms with Crippen LogP contribution in [0.5, 0.6) is 11.5 Å². The molecule has 0 aliphatic rings. The average molecular weight is 282 g/mol. The fourth-order valence-electron chi connectivity index (χ4n) is 1.37. The van der Waals surface area contributed by atoms with Gasteiger partial charge >= 0.3 is 0 Å². The molecule has 0 bridgehead atoms. The van der Waals surface area contributed by atoms with Gasteiger partial charge in [0, 0.05) is 18.0 Å². The summed E-state index contributed by atoms with van der Waals surface area (Å²) in [5.41, 5.74) is 5.70. The van der Waals surface area contributed by atoms with Gasteiger partial charge < -0.3 is 10.5 Å². The topological polar surface area (TPSA) is 82.3 Å². The highest BCUT2D eigenvalue weighted by Gasteiger charge is 2.10. The number of nitrogens with zero attached hydrogens (tertiary/aromatic N) is 1. The number of halogens is 1. The number of ether oxygens (including phenoxy) is 1. The van der Waals surface area contributed by atoms with Gasteiger partial charge in [-0.3, -0.25) is 0 Å². The van der Waals surface area contributed by atoms with Crippen LogP contribution in [-0.2, 0) is 9.84 Å². The van der Waals surface area contributed by atoms with Crippen molar-refractivity contribution < 1.29 is 17.5 Å². The largest absolute Gasteiger partial charge is 0.453 e. The maximum Gasteiger partial charge on any atom is 0.192 e. The number of aromatic nitrogens is 1. The van der Waals surface area contributed by atoms with E-state index in [1.165, 1.54) is 30.5 Å². The van der Waals surface area contributed by atoms with Crippen LogP contribution < -0.4 is 10.5 Å². The highest BCUT2D eigenvalue weighted by molar-refractivity contribution is 7.90. The van der Waals surface area contributed by atoms with Crippen LogP contribution in [0.1, 0.15) is 0 Å². The minimum atomic E-state index is -3.36.